The van der Waals surface area contributed by atoms with E-state index in [9.17, 15) is 17.2 Å². The van der Waals surface area contributed by atoms with Crippen molar-refractivity contribution in [3.05, 3.63) is 82.8 Å². The second kappa shape index (κ2) is 11.1. The number of benzene rings is 3. The van der Waals surface area contributed by atoms with Gasteiger partial charge in [-0.05, 0) is 93.9 Å². The van der Waals surface area contributed by atoms with Crippen molar-refractivity contribution in [1.29, 1.82) is 0 Å². The van der Waals surface area contributed by atoms with Crippen molar-refractivity contribution in [1.82, 2.24) is 0 Å². The fourth-order valence-electron chi connectivity index (χ4n) is 3.98. The van der Waals surface area contributed by atoms with Gasteiger partial charge in [-0.2, -0.15) is 17.2 Å². The zero-order chi connectivity index (χ0) is 28.6. The molecule has 1 aliphatic rings. The second-order valence-electron chi connectivity index (χ2n) is 10.1. The zero-order valence-corrected chi connectivity index (χ0v) is 25.1. The van der Waals surface area contributed by atoms with E-state index in [1.165, 1.54) is 12.1 Å². The van der Waals surface area contributed by atoms with Crippen LogP contribution in [0.15, 0.2) is 92.0 Å². The number of ether oxygens (including phenoxy) is 3. The first-order valence-corrected chi connectivity index (χ1v) is 15.6. The Morgan fingerprint density at radius 3 is 1.85 bits per heavy atom. The highest BCUT2D eigenvalue weighted by molar-refractivity contribution is 9.10. The van der Waals surface area contributed by atoms with Crippen LogP contribution in [-0.4, -0.2) is 43.1 Å². The summed E-state index contributed by atoms with van der Waals surface area (Å²) in [4.78, 5) is 2.97. The average Bonchev–Trinajstić information content (AvgIpc) is 2.88. The van der Waals surface area contributed by atoms with Crippen molar-refractivity contribution >= 4 is 36.9 Å². The van der Waals surface area contributed by atoms with Crippen LogP contribution in [0.2, 0.25) is 0 Å². The lowest BCUT2D eigenvalue weighted by molar-refractivity contribution is -0.221. The quantitative estimate of drug-likeness (QED) is 0.214. The molecule has 1 fully saturated rings. The van der Waals surface area contributed by atoms with Gasteiger partial charge in [-0.25, -0.2) is 0 Å². The molecule has 11 heteroatoms. The van der Waals surface area contributed by atoms with E-state index in [2.05, 4.69) is 15.9 Å². The van der Waals surface area contributed by atoms with E-state index in [4.69, 9.17) is 18.8 Å². The van der Waals surface area contributed by atoms with Gasteiger partial charge < -0.3 is 14.2 Å². The summed E-state index contributed by atoms with van der Waals surface area (Å²) in [6, 6.07) is 22.6. The van der Waals surface area contributed by atoms with Gasteiger partial charge in [0.15, 0.2) is 20.8 Å². The van der Waals surface area contributed by atoms with Crippen LogP contribution in [0.25, 0.3) is 0 Å². The van der Waals surface area contributed by atoms with Gasteiger partial charge >= 0.3 is 15.4 Å². The summed E-state index contributed by atoms with van der Waals surface area (Å²) in [6.07, 6.45) is -2.09. The summed E-state index contributed by atoms with van der Waals surface area (Å²) in [5.41, 5.74) is 0.103. The molecule has 3 aromatic rings. The maximum atomic E-state index is 13.9. The van der Waals surface area contributed by atoms with Gasteiger partial charge in [-0.1, -0.05) is 28.1 Å². The van der Waals surface area contributed by atoms with Crippen molar-refractivity contribution in [3.8, 4) is 5.75 Å². The molecule has 6 nitrogen and oxygen atoms in total. The third kappa shape index (κ3) is 6.66. The van der Waals surface area contributed by atoms with Gasteiger partial charge in [0, 0.05) is 4.47 Å². The molecule has 1 saturated heterocycles. The molecule has 0 spiro atoms. The fraction of sp³-hybridized carbons (Fsp3) is 0.357. The summed E-state index contributed by atoms with van der Waals surface area (Å²) >= 11 is 3.48. The molecular weight excluding hydrogens is 614 g/mol. The Morgan fingerprint density at radius 1 is 0.897 bits per heavy atom. The van der Waals surface area contributed by atoms with E-state index < -0.39 is 38.0 Å². The van der Waals surface area contributed by atoms with Gasteiger partial charge in [0.05, 0.1) is 29.7 Å². The van der Waals surface area contributed by atoms with E-state index in [0.29, 0.717) is 13.2 Å². The Balaban J connectivity index is 1.62. The SMILES string of the molecule is CC(Oc1ccc([S+](c2ccc(Br)cc2)c2ccc(C3(C)COC(C)(C)CO3)cc2)cc1)C(F)(F)S(=O)(=O)O. The van der Waals surface area contributed by atoms with Crippen LogP contribution < -0.4 is 4.74 Å². The van der Waals surface area contributed by atoms with Gasteiger partial charge in [-0.15, -0.1) is 0 Å². The van der Waals surface area contributed by atoms with Crippen LogP contribution >= 0.6 is 15.9 Å². The lowest BCUT2D eigenvalue weighted by atomic mass is 9.94. The Kier molecular flexibility index (Phi) is 8.52. The van der Waals surface area contributed by atoms with E-state index in [1.807, 2.05) is 69.3 Å². The van der Waals surface area contributed by atoms with Gasteiger partial charge in [0.25, 0.3) is 0 Å². The molecule has 0 aliphatic carbocycles. The molecule has 1 aliphatic heterocycles. The number of alkyl halides is 2. The number of rotatable bonds is 8. The summed E-state index contributed by atoms with van der Waals surface area (Å²) < 4.78 is 77.1. The molecular formula is C28H30BrF2O6S2+. The zero-order valence-electron chi connectivity index (χ0n) is 21.9. The van der Waals surface area contributed by atoms with Crippen LogP contribution in [0.1, 0.15) is 33.3 Å². The highest BCUT2D eigenvalue weighted by Gasteiger charge is 2.51. The standard InChI is InChI=1S/C28H29BrF2O6S2/c1-19(28(30,31)39(32,33)34)37-22-9-15-25(16-10-22)38(24-13-7-21(29)8-14-24)23-11-5-20(6-12-23)27(4)18-35-26(2,3)17-36-27/h5-16,19H,17-18H2,1-4H3/p+1. The number of hydrogen-bond acceptors (Lipinski definition) is 5. The van der Waals surface area contributed by atoms with Crippen molar-refractivity contribution in [2.75, 3.05) is 13.2 Å². The smallest absolute Gasteiger partial charge is 0.405 e. The number of hydrogen-bond donors (Lipinski definition) is 1. The molecule has 0 radical (unpaired) electrons. The van der Waals surface area contributed by atoms with Crippen LogP contribution in [0.4, 0.5) is 8.78 Å². The Hall–Kier alpha value is -2.02. The van der Waals surface area contributed by atoms with Crippen LogP contribution in [-0.2, 0) is 36.1 Å². The van der Waals surface area contributed by atoms with Crippen molar-refractivity contribution in [2.45, 2.75) is 64.9 Å². The predicted molar refractivity (Wildman–Crippen MR) is 149 cm³/mol. The van der Waals surface area contributed by atoms with Gasteiger partial charge in [-0.3, -0.25) is 4.55 Å². The van der Waals surface area contributed by atoms with Gasteiger partial charge in [0.1, 0.15) is 11.4 Å². The van der Waals surface area contributed by atoms with Crippen molar-refractivity contribution < 1.29 is 36.0 Å². The predicted octanol–water partition coefficient (Wildman–Crippen LogP) is 6.83. The van der Waals surface area contributed by atoms with E-state index in [-0.39, 0.29) is 11.4 Å². The summed E-state index contributed by atoms with van der Waals surface area (Å²) in [5.74, 6) is 0.0505. The molecule has 0 bridgehead atoms. The Morgan fingerprint density at radius 2 is 1.38 bits per heavy atom. The maximum Gasteiger partial charge on any atom is 0.405 e. The molecule has 210 valence electrons. The molecule has 3 unspecified atom stereocenters. The Bertz CT molecular complexity index is 1390. The lowest BCUT2D eigenvalue weighted by Crippen LogP contribution is -2.47. The fourth-order valence-corrected chi connectivity index (χ4v) is 6.75. The van der Waals surface area contributed by atoms with Crippen LogP contribution in [0, 0.1) is 0 Å². The second-order valence-corrected chi connectivity index (χ2v) is 14.6. The Labute approximate surface area is 238 Å². The molecule has 1 heterocycles. The summed E-state index contributed by atoms with van der Waals surface area (Å²) in [6.45, 7) is 7.81. The molecule has 0 saturated carbocycles. The first kappa shape index (κ1) is 30.0. The molecule has 1 N–H and O–H groups in total. The molecule has 0 aromatic heterocycles. The van der Waals surface area contributed by atoms with Crippen molar-refractivity contribution in [2.24, 2.45) is 0 Å². The molecule has 0 amide bonds. The first-order valence-electron chi connectivity index (χ1n) is 12.1. The van der Waals surface area contributed by atoms with Gasteiger partial charge in [0.2, 0.25) is 0 Å². The monoisotopic (exact) mass is 643 g/mol. The molecule has 3 atom stereocenters. The average molecular weight is 645 g/mol. The van der Waals surface area contributed by atoms with Crippen LogP contribution in [0.5, 0.6) is 5.75 Å². The minimum Gasteiger partial charge on any atom is -0.483 e. The van der Waals surface area contributed by atoms with E-state index in [1.54, 1.807) is 12.1 Å². The number of halogens is 3. The summed E-state index contributed by atoms with van der Waals surface area (Å²) in [5, 5.41) is -4.45. The largest absolute Gasteiger partial charge is 0.483 e. The molecule has 4 rings (SSSR count). The maximum absolute atomic E-state index is 13.9. The van der Waals surface area contributed by atoms with E-state index >= 15 is 0 Å². The summed E-state index contributed by atoms with van der Waals surface area (Å²) in [7, 11) is -6.17. The highest BCUT2D eigenvalue weighted by Crippen LogP contribution is 2.37. The third-order valence-corrected chi connectivity index (χ3v) is 10.2. The lowest BCUT2D eigenvalue weighted by Gasteiger charge is -2.41. The topological polar surface area (TPSA) is 82.1 Å². The molecule has 39 heavy (non-hydrogen) atoms. The first-order chi connectivity index (χ1) is 18.1. The van der Waals surface area contributed by atoms with E-state index in [0.717, 1.165) is 31.6 Å². The van der Waals surface area contributed by atoms with Crippen molar-refractivity contribution in [3.63, 3.8) is 0 Å². The molecule has 3 aromatic carbocycles. The highest BCUT2D eigenvalue weighted by atomic mass is 79.9. The minimum atomic E-state index is -5.62. The minimum absolute atomic E-state index is 0.0505. The third-order valence-electron chi connectivity index (χ3n) is 6.42. The van der Waals surface area contributed by atoms with Crippen LogP contribution in [0.3, 0.4) is 0 Å². The normalized spacial score (nSPS) is 21.2.